The standard InChI is InChI=1S/C14H25B2O9P/c1-7-10(20-3)9(23-13(7)15)6-22-26(17,18)25-11-8(5-19-2)24-14(16)12(11)21-4/h7-14H,5-6H2,1-4H3,(H,17,18). The highest BCUT2D eigenvalue weighted by Crippen LogP contribution is 2.48. The molecule has 0 aromatic rings. The van der Waals surface area contributed by atoms with Crippen molar-refractivity contribution in [1.29, 1.82) is 0 Å². The summed E-state index contributed by atoms with van der Waals surface area (Å²) in [5, 5.41) is 0. The van der Waals surface area contributed by atoms with Crippen LogP contribution in [0.5, 0.6) is 0 Å². The minimum atomic E-state index is -4.46. The zero-order valence-corrected chi connectivity index (χ0v) is 16.2. The first-order valence-corrected chi connectivity index (χ1v) is 9.76. The summed E-state index contributed by atoms with van der Waals surface area (Å²) in [5.74, 6) is -0.0854. The highest BCUT2D eigenvalue weighted by Gasteiger charge is 2.47. The molecule has 2 rings (SSSR count). The Bertz CT molecular complexity index is 499. The van der Waals surface area contributed by atoms with Crippen molar-refractivity contribution in [3.63, 3.8) is 0 Å². The monoisotopic (exact) mass is 390 g/mol. The summed E-state index contributed by atoms with van der Waals surface area (Å²) in [4.78, 5) is 10.1. The molecule has 2 saturated heterocycles. The molecule has 2 fully saturated rings. The molecule has 26 heavy (non-hydrogen) atoms. The number of ether oxygens (including phenoxy) is 5. The summed E-state index contributed by atoms with van der Waals surface area (Å²) in [5.41, 5.74) is 0. The predicted molar refractivity (Wildman–Crippen MR) is 92.1 cm³/mol. The van der Waals surface area contributed by atoms with Crippen molar-refractivity contribution < 1.29 is 42.2 Å². The third-order valence-corrected chi connectivity index (χ3v) is 5.60. The van der Waals surface area contributed by atoms with Crippen molar-refractivity contribution >= 4 is 23.5 Å². The smallest absolute Gasteiger partial charge is 0.382 e. The first kappa shape index (κ1) is 22.3. The second kappa shape index (κ2) is 9.49. The molecule has 2 aliphatic heterocycles. The molecule has 4 radical (unpaired) electrons. The lowest BCUT2D eigenvalue weighted by atomic mass is 9.86. The highest BCUT2D eigenvalue weighted by atomic mass is 31.2. The molecular weight excluding hydrogens is 365 g/mol. The lowest BCUT2D eigenvalue weighted by Crippen LogP contribution is -2.38. The van der Waals surface area contributed by atoms with E-state index in [0.29, 0.717) is 0 Å². The summed E-state index contributed by atoms with van der Waals surface area (Å²) in [7, 11) is 11.6. The van der Waals surface area contributed by atoms with Crippen LogP contribution >= 0.6 is 7.82 Å². The van der Waals surface area contributed by atoms with Gasteiger partial charge >= 0.3 is 7.82 Å². The summed E-state index contributed by atoms with van der Waals surface area (Å²) in [6.07, 6.45) is -3.31. The van der Waals surface area contributed by atoms with Crippen LogP contribution in [0.1, 0.15) is 6.92 Å². The van der Waals surface area contributed by atoms with Gasteiger partial charge in [0.1, 0.15) is 40.1 Å². The summed E-state index contributed by atoms with van der Waals surface area (Å²) >= 11 is 0. The molecule has 9 unspecified atom stereocenters. The van der Waals surface area contributed by atoms with Crippen LogP contribution in [0, 0.1) is 5.92 Å². The van der Waals surface area contributed by atoms with Crippen LogP contribution < -0.4 is 0 Å². The van der Waals surface area contributed by atoms with Gasteiger partial charge in [-0.2, -0.15) is 0 Å². The van der Waals surface area contributed by atoms with Crippen LogP contribution in [0.15, 0.2) is 0 Å². The fraction of sp³-hybridized carbons (Fsp3) is 1.00. The molecule has 0 bridgehead atoms. The molecule has 9 atom stereocenters. The van der Waals surface area contributed by atoms with Gasteiger partial charge in [0.15, 0.2) is 0 Å². The topological polar surface area (TPSA) is 102 Å². The van der Waals surface area contributed by atoms with E-state index < -0.39 is 44.2 Å². The summed E-state index contributed by atoms with van der Waals surface area (Å²) in [6, 6.07) is -1.36. The SMILES string of the molecule is [B]C1OC(COP(=O)(O)OC2C(COC)OC([B])C2OC)C(OC)C1C. The largest absolute Gasteiger partial charge is 0.472 e. The Morgan fingerprint density at radius 3 is 2.12 bits per heavy atom. The molecule has 0 saturated carbocycles. The molecular formula is C14H25B2O9P. The van der Waals surface area contributed by atoms with Crippen molar-refractivity contribution in [3.8, 4) is 0 Å². The molecule has 2 aliphatic rings. The van der Waals surface area contributed by atoms with Crippen molar-refractivity contribution in [3.05, 3.63) is 0 Å². The highest BCUT2D eigenvalue weighted by molar-refractivity contribution is 7.47. The van der Waals surface area contributed by atoms with Crippen LogP contribution in [0.25, 0.3) is 0 Å². The van der Waals surface area contributed by atoms with Crippen LogP contribution in [0.2, 0.25) is 0 Å². The van der Waals surface area contributed by atoms with Gasteiger partial charge in [0.25, 0.3) is 0 Å². The minimum absolute atomic E-state index is 0.0854. The molecule has 12 heteroatoms. The van der Waals surface area contributed by atoms with Gasteiger partial charge in [-0.3, -0.25) is 9.05 Å². The van der Waals surface area contributed by atoms with E-state index in [1.807, 2.05) is 6.92 Å². The Morgan fingerprint density at radius 1 is 0.962 bits per heavy atom. The van der Waals surface area contributed by atoms with Crippen molar-refractivity contribution in [2.45, 2.75) is 49.5 Å². The van der Waals surface area contributed by atoms with Gasteiger partial charge in [0.05, 0.1) is 19.3 Å². The quantitative estimate of drug-likeness (QED) is 0.416. The van der Waals surface area contributed by atoms with Gasteiger partial charge < -0.3 is 28.6 Å². The van der Waals surface area contributed by atoms with Crippen molar-refractivity contribution in [2.24, 2.45) is 5.92 Å². The second-order valence-electron chi connectivity index (χ2n) is 6.33. The van der Waals surface area contributed by atoms with Crippen LogP contribution in [-0.2, 0) is 37.3 Å². The van der Waals surface area contributed by atoms with Gasteiger partial charge in [0, 0.05) is 39.3 Å². The molecule has 9 nitrogen and oxygen atoms in total. The first-order valence-electron chi connectivity index (χ1n) is 8.26. The average molecular weight is 390 g/mol. The van der Waals surface area contributed by atoms with Gasteiger partial charge in [-0.25, -0.2) is 4.57 Å². The Balaban J connectivity index is 1.97. The first-order chi connectivity index (χ1) is 12.2. The molecule has 146 valence electrons. The van der Waals surface area contributed by atoms with Crippen molar-refractivity contribution in [1.82, 2.24) is 0 Å². The lowest BCUT2D eigenvalue weighted by Gasteiger charge is -2.26. The third-order valence-electron chi connectivity index (χ3n) is 4.61. The van der Waals surface area contributed by atoms with E-state index in [0.717, 1.165) is 0 Å². The van der Waals surface area contributed by atoms with Crippen molar-refractivity contribution in [2.75, 3.05) is 34.5 Å². The number of methoxy groups -OCH3 is 3. The zero-order valence-electron chi connectivity index (χ0n) is 15.3. The van der Waals surface area contributed by atoms with E-state index in [1.54, 1.807) is 0 Å². The maximum atomic E-state index is 12.4. The molecule has 0 aromatic heterocycles. The maximum absolute atomic E-state index is 12.4. The maximum Gasteiger partial charge on any atom is 0.472 e. The van der Waals surface area contributed by atoms with Crippen LogP contribution in [-0.4, -0.2) is 97.7 Å². The minimum Gasteiger partial charge on any atom is -0.382 e. The molecule has 0 amide bonds. The Hall–Kier alpha value is 0.0399. The van der Waals surface area contributed by atoms with Gasteiger partial charge in [0.2, 0.25) is 0 Å². The van der Waals surface area contributed by atoms with Gasteiger partial charge in [-0.05, 0) is 0 Å². The normalized spacial score (nSPS) is 42.8. The Kier molecular flexibility index (Phi) is 8.15. The Morgan fingerprint density at radius 2 is 1.54 bits per heavy atom. The third kappa shape index (κ3) is 5.10. The van der Waals surface area contributed by atoms with E-state index in [2.05, 4.69) is 0 Å². The number of hydrogen-bond donors (Lipinski definition) is 1. The molecule has 1 N–H and O–H groups in total. The molecule has 0 spiro atoms. The lowest BCUT2D eigenvalue weighted by molar-refractivity contribution is -0.0450. The Labute approximate surface area is 156 Å². The molecule has 0 aliphatic carbocycles. The summed E-state index contributed by atoms with van der Waals surface area (Å²) in [6.45, 7) is 1.75. The fourth-order valence-electron chi connectivity index (χ4n) is 3.23. The van der Waals surface area contributed by atoms with E-state index in [9.17, 15) is 9.46 Å². The zero-order chi connectivity index (χ0) is 19.5. The van der Waals surface area contributed by atoms with Gasteiger partial charge in [-0.15, -0.1) is 0 Å². The van der Waals surface area contributed by atoms with E-state index in [4.69, 9.17) is 48.4 Å². The number of rotatable bonds is 9. The van der Waals surface area contributed by atoms with E-state index in [-0.39, 0.29) is 25.2 Å². The van der Waals surface area contributed by atoms with Gasteiger partial charge in [-0.1, -0.05) is 6.92 Å². The van der Waals surface area contributed by atoms with E-state index >= 15 is 0 Å². The van der Waals surface area contributed by atoms with Crippen LogP contribution in [0.3, 0.4) is 0 Å². The second-order valence-corrected chi connectivity index (χ2v) is 7.73. The van der Waals surface area contributed by atoms with E-state index in [1.165, 1.54) is 21.3 Å². The average Bonchev–Trinajstić information content (AvgIpc) is 3.02. The summed E-state index contributed by atoms with van der Waals surface area (Å²) < 4.78 is 49.3. The van der Waals surface area contributed by atoms with Crippen LogP contribution in [0.4, 0.5) is 0 Å². The fourth-order valence-corrected chi connectivity index (χ4v) is 4.19. The number of phosphoric ester groups is 1. The number of phosphoric acid groups is 1. The number of hydrogen-bond acceptors (Lipinski definition) is 8. The molecule has 0 aromatic carbocycles. The molecule has 2 heterocycles. The predicted octanol–water partition coefficient (Wildman–Crippen LogP) is -0.412.